The maximum absolute atomic E-state index is 13.9. The lowest BCUT2D eigenvalue weighted by Crippen LogP contribution is -2.75. The van der Waals surface area contributed by atoms with Crippen LogP contribution in [0.3, 0.4) is 0 Å². The molecule has 0 aromatic carbocycles. The average Bonchev–Trinajstić information content (AvgIpc) is 2.81. The first-order chi connectivity index (χ1) is 14.1. The quantitative estimate of drug-likeness (QED) is 0.653. The van der Waals surface area contributed by atoms with Crippen LogP contribution in [0.4, 0.5) is 0 Å². The highest BCUT2D eigenvalue weighted by atomic mass is 16.6. The Morgan fingerprint density at radius 3 is 2.63 bits per heavy atom. The van der Waals surface area contributed by atoms with Crippen molar-refractivity contribution in [1.82, 2.24) is 0 Å². The van der Waals surface area contributed by atoms with Crippen molar-refractivity contribution in [3.8, 4) is 0 Å². The number of methoxy groups -OCH3 is 1. The largest absolute Gasteiger partial charge is 0.462 e. The SMILES string of the molecule is CO[C@H]1C[C@@H]2[C@@]3(C)CCC[C@@]2(CO[C@@H]3O)[C@@H]2[C@@H](OC(C)=O)C[C@@H]3[C@@H](O)[C@@]12C(=O)[C@@H]3C. The number of fused-ring (bicyclic) bond motifs is 1. The monoisotopic (exact) mass is 422 g/mol. The molecule has 1 saturated heterocycles. The molecule has 0 unspecified atom stereocenters. The van der Waals surface area contributed by atoms with E-state index in [4.69, 9.17) is 14.2 Å². The number of ketones is 1. The number of aliphatic hydroxyl groups excluding tert-OH is 2. The fraction of sp³-hybridized carbons (Fsp3) is 0.913. The third-order valence-electron chi connectivity index (χ3n) is 9.89. The second-order valence-corrected chi connectivity index (χ2v) is 10.8. The van der Waals surface area contributed by atoms with Gasteiger partial charge in [-0.2, -0.15) is 0 Å². The van der Waals surface area contributed by atoms with Crippen LogP contribution in [0.2, 0.25) is 0 Å². The summed E-state index contributed by atoms with van der Waals surface area (Å²) in [7, 11) is 1.61. The van der Waals surface area contributed by atoms with Gasteiger partial charge < -0.3 is 24.4 Å². The minimum atomic E-state index is -1.10. The fourth-order valence-corrected chi connectivity index (χ4v) is 8.83. The van der Waals surface area contributed by atoms with Gasteiger partial charge in [0.2, 0.25) is 0 Å². The molecule has 168 valence electrons. The molecule has 4 aliphatic carbocycles. The van der Waals surface area contributed by atoms with E-state index in [0.29, 0.717) is 19.4 Å². The number of carbonyl (C=O) groups is 2. The van der Waals surface area contributed by atoms with E-state index in [1.54, 1.807) is 7.11 Å². The van der Waals surface area contributed by atoms with Crippen molar-refractivity contribution in [2.24, 2.45) is 39.9 Å². The summed E-state index contributed by atoms with van der Waals surface area (Å²) in [5.74, 6) is -1.19. The summed E-state index contributed by atoms with van der Waals surface area (Å²) in [6, 6.07) is 0. The van der Waals surface area contributed by atoms with Crippen LogP contribution in [0.25, 0.3) is 0 Å². The van der Waals surface area contributed by atoms with Crippen LogP contribution >= 0.6 is 0 Å². The van der Waals surface area contributed by atoms with E-state index < -0.39 is 40.8 Å². The first-order valence-corrected chi connectivity index (χ1v) is 11.4. The summed E-state index contributed by atoms with van der Waals surface area (Å²) >= 11 is 0. The maximum atomic E-state index is 13.9. The Morgan fingerprint density at radius 2 is 1.97 bits per heavy atom. The lowest BCUT2D eigenvalue weighted by molar-refractivity contribution is -0.344. The molecule has 2 N–H and O–H groups in total. The first kappa shape index (κ1) is 20.9. The smallest absolute Gasteiger partial charge is 0.302 e. The van der Waals surface area contributed by atoms with Crippen molar-refractivity contribution in [3.05, 3.63) is 0 Å². The van der Waals surface area contributed by atoms with E-state index in [1.165, 1.54) is 6.92 Å². The third kappa shape index (κ3) is 2.20. The van der Waals surface area contributed by atoms with Crippen LogP contribution in [0.5, 0.6) is 0 Å². The molecule has 0 amide bonds. The number of hydrogen-bond acceptors (Lipinski definition) is 7. The molecule has 11 atom stereocenters. The molecule has 4 saturated carbocycles. The van der Waals surface area contributed by atoms with Gasteiger partial charge in [-0.25, -0.2) is 0 Å². The molecule has 5 aliphatic rings. The minimum absolute atomic E-state index is 0.0396. The Morgan fingerprint density at radius 1 is 1.23 bits per heavy atom. The Kier molecular flexibility index (Phi) is 4.52. The van der Waals surface area contributed by atoms with E-state index >= 15 is 0 Å². The van der Waals surface area contributed by atoms with Gasteiger partial charge in [0, 0.05) is 36.7 Å². The van der Waals surface area contributed by atoms with Crippen molar-refractivity contribution in [1.29, 1.82) is 0 Å². The van der Waals surface area contributed by atoms with Crippen LogP contribution in [-0.4, -0.2) is 60.3 Å². The minimum Gasteiger partial charge on any atom is -0.462 e. The average molecular weight is 423 g/mol. The predicted molar refractivity (Wildman–Crippen MR) is 105 cm³/mol. The normalized spacial score (nSPS) is 56.8. The summed E-state index contributed by atoms with van der Waals surface area (Å²) in [6.45, 7) is 5.68. The molecule has 0 aromatic heterocycles. The molecule has 4 bridgehead atoms. The maximum Gasteiger partial charge on any atom is 0.302 e. The van der Waals surface area contributed by atoms with Crippen LogP contribution in [0, 0.1) is 39.9 Å². The lowest BCUT2D eigenvalue weighted by Gasteiger charge is -2.70. The fourth-order valence-electron chi connectivity index (χ4n) is 8.83. The van der Waals surface area contributed by atoms with Gasteiger partial charge in [0.15, 0.2) is 6.29 Å². The second-order valence-electron chi connectivity index (χ2n) is 10.8. The summed E-state index contributed by atoms with van der Waals surface area (Å²) < 4.78 is 17.8. The zero-order valence-electron chi connectivity index (χ0n) is 18.3. The van der Waals surface area contributed by atoms with Gasteiger partial charge in [0.25, 0.3) is 0 Å². The third-order valence-corrected chi connectivity index (χ3v) is 9.89. The number of ether oxygens (including phenoxy) is 3. The molecule has 7 nitrogen and oxygen atoms in total. The van der Waals surface area contributed by atoms with Crippen LogP contribution in [0.1, 0.15) is 52.9 Å². The topological polar surface area (TPSA) is 102 Å². The highest BCUT2D eigenvalue weighted by Crippen LogP contribution is 2.73. The van der Waals surface area contributed by atoms with Crippen molar-refractivity contribution in [3.63, 3.8) is 0 Å². The molecule has 1 spiro atoms. The number of aliphatic hydroxyl groups is 2. The second kappa shape index (κ2) is 6.50. The molecule has 30 heavy (non-hydrogen) atoms. The van der Waals surface area contributed by atoms with Gasteiger partial charge in [-0.15, -0.1) is 0 Å². The number of carbonyl (C=O) groups excluding carboxylic acids is 2. The Bertz CT molecular complexity index is 769. The number of rotatable bonds is 2. The van der Waals surface area contributed by atoms with E-state index in [1.807, 2.05) is 6.92 Å². The van der Waals surface area contributed by atoms with Crippen LogP contribution < -0.4 is 0 Å². The Balaban J connectivity index is 1.74. The van der Waals surface area contributed by atoms with Gasteiger partial charge in [0.1, 0.15) is 11.9 Å². The van der Waals surface area contributed by atoms with Crippen molar-refractivity contribution < 1.29 is 34.0 Å². The van der Waals surface area contributed by atoms with Crippen molar-refractivity contribution in [2.75, 3.05) is 13.7 Å². The molecular formula is C23H34O7. The number of esters is 1. The van der Waals surface area contributed by atoms with E-state index in [2.05, 4.69) is 6.92 Å². The van der Waals surface area contributed by atoms with Crippen LogP contribution in [-0.2, 0) is 23.8 Å². The Hall–Kier alpha value is -1.02. The van der Waals surface area contributed by atoms with Gasteiger partial charge >= 0.3 is 5.97 Å². The predicted octanol–water partition coefficient (Wildman–Crippen LogP) is 1.68. The van der Waals surface area contributed by atoms with Gasteiger partial charge in [-0.1, -0.05) is 20.3 Å². The molecule has 5 fully saturated rings. The Labute approximate surface area is 177 Å². The van der Waals surface area contributed by atoms with Crippen molar-refractivity contribution >= 4 is 11.8 Å². The van der Waals surface area contributed by atoms with E-state index in [9.17, 15) is 19.8 Å². The summed E-state index contributed by atoms with van der Waals surface area (Å²) in [4.78, 5) is 25.9. The molecule has 0 radical (unpaired) electrons. The van der Waals surface area contributed by atoms with E-state index in [0.717, 1.165) is 19.3 Å². The molecule has 1 heterocycles. The zero-order chi connectivity index (χ0) is 21.6. The molecule has 7 heteroatoms. The lowest BCUT2D eigenvalue weighted by atomic mass is 9.38. The van der Waals surface area contributed by atoms with Gasteiger partial charge in [-0.3, -0.25) is 9.59 Å². The standard InChI is InChI=1S/C23H34O7/c1-11-13-8-14(30-12(2)24)17-22-7-5-6-21(3,20(27)29-10-22)15(22)9-16(28-4)23(17,18(11)25)19(13)26/h11,13-17,19-20,26-27H,5-10H2,1-4H3/t11-,13+,14+,15-,16+,17+,19-,20+,21-,22+,23+/m1/s1. The highest BCUT2D eigenvalue weighted by molar-refractivity contribution is 5.92. The van der Waals surface area contributed by atoms with E-state index in [-0.39, 0.29) is 35.4 Å². The molecule has 1 aliphatic heterocycles. The molecule has 0 aromatic rings. The summed E-state index contributed by atoms with van der Waals surface area (Å²) in [5.41, 5.74) is -1.99. The number of hydrogen-bond donors (Lipinski definition) is 2. The number of Topliss-reactive ketones (excluding diaryl/α,β-unsaturated/α-hetero) is 1. The zero-order valence-corrected chi connectivity index (χ0v) is 18.3. The van der Waals surface area contributed by atoms with Gasteiger partial charge in [-0.05, 0) is 37.5 Å². The molecule has 5 rings (SSSR count). The summed E-state index contributed by atoms with van der Waals surface area (Å²) in [5, 5.41) is 22.4. The summed E-state index contributed by atoms with van der Waals surface area (Å²) in [6.07, 6.45) is 1.02. The first-order valence-electron chi connectivity index (χ1n) is 11.4. The van der Waals surface area contributed by atoms with Crippen molar-refractivity contribution in [2.45, 2.75) is 77.5 Å². The van der Waals surface area contributed by atoms with Gasteiger partial charge in [0.05, 0.1) is 24.2 Å². The highest BCUT2D eigenvalue weighted by Gasteiger charge is 2.79. The van der Waals surface area contributed by atoms with Crippen LogP contribution in [0.15, 0.2) is 0 Å². The molecular weight excluding hydrogens is 388 g/mol.